The average molecular weight is 481 g/mol. The van der Waals surface area contributed by atoms with E-state index in [1.54, 1.807) is 7.11 Å². The molecule has 1 heterocycles. The summed E-state index contributed by atoms with van der Waals surface area (Å²) in [6.45, 7) is 13.6. The van der Waals surface area contributed by atoms with Crippen molar-refractivity contribution in [3.8, 4) is 0 Å². The summed E-state index contributed by atoms with van der Waals surface area (Å²) in [7, 11) is 3.61. The highest BCUT2D eigenvalue weighted by molar-refractivity contribution is 14.0. The van der Waals surface area contributed by atoms with Crippen LogP contribution in [0.25, 0.3) is 0 Å². The van der Waals surface area contributed by atoms with Gasteiger partial charge >= 0.3 is 0 Å². The predicted octanol–water partition coefficient (Wildman–Crippen LogP) is 1.26. The zero-order chi connectivity index (χ0) is 19.0. The Labute approximate surface area is 175 Å². The normalized spacial score (nSPS) is 29.6. The molecule has 8 heteroatoms. The van der Waals surface area contributed by atoms with Gasteiger partial charge in [-0.25, -0.2) is 0 Å². The van der Waals surface area contributed by atoms with Crippen LogP contribution in [0, 0.1) is 5.41 Å². The fraction of sp³-hybridized carbons (Fsp3) is 0.889. The second kappa shape index (κ2) is 8.18. The Morgan fingerprint density at radius 2 is 1.77 bits per heavy atom. The van der Waals surface area contributed by atoms with E-state index in [-0.39, 0.29) is 40.9 Å². The SMILES string of the molecule is CN=C(NC1CC(C)(OC)C1(C)C)N1CCN(C(C)(C)C(N)=O)CC1.I. The second-order valence-corrected chi connectivity index (χ2v) is 8.50. The first-order valence-corrected chi connectivity index (χ1v) is 9.08. The van der Waals surface area contributed by atoms with Gasteiger partial charge in [-0.2, -0.15) is 0 Å². The van der Waals surface area contributed by atoms with Crippen molar-refractivity contribution in [1.29, 1.82) is 0 Å². The van der Waals surface area contributed by atoms with Crippen LogP contribution in [0.3, 0.4) is 0 Å². The third-order valence-corrected chi connectivity index (χ3v) is 6.77. The number of carbonyl (C=O) groups is 1. The van der Waals surface area contributed by atoms with Crippen LogP contribution in [0.4, 0.5) is 0 Å². The Morgan fingerprint density at radius 1 is 1.23 bits per heavy atom. The van der Waals surface area contributed by atoms with Gasteiger partial charge < -0.3 is 20.7 Å². The monoisotopic (exact) mass is 481 g/mol. The van der Waals surface area contributed by atoms with Crippen molar-refractivity contribution in [3.63, 3.8) is 0 Å². The number of nitrogens with zero attached hydrogens (tertiary/aromatic N) is 3. The summed E-state index contributed by atoms with van der Waals surface area (Å²) in [5, 5.41) is 3.61. The van der Waals surface area contributed by atoms with E-state index in [4.69, 9.17) is 10.5 Å². The summed E-state index contributed by atoms with van der Waals surface area (Å²) in [5.41, 5.74) is 4.86. The first-order valence-electron chi connectivity index (χ1n) is 9.08. The van der Waals surface area contributed by atoms with Crippen molar-refractivity contribution in [1.82, 2.24) is 15.1 Å². The van der Waals surface area contributed by atoms with E-state index in [1.165, 1.54) is 0 Å². The summed E-state index contributed by atoms with van der Waals surface area (Å²) in [4.78, 5) is 20.5. The van der Waals surface area contributed by atoms with Crippen LogP contribution in [0.5, 0.6) is 0 Å². The number of amides is 1. The molecule has 2 rings (SSSR count). The molecule has 0 spiro atoms. The number of ether oxygens (including phenoxy) is 1. The highest BCUT2D eigenvalue weighted by Gasteiger charge is 2.58. The summed E-state index contributed by atoms with van der Waals surface area (Å²) in [6.07, 6.45) is 0.962. The lowest BCUT2D eigenvalue weighted by Crippen LogP contribution is -2.70. The van der Waals surface area contributed by atoms with Gasteiger partial charge in [-0.05, 0) is 27.2 Å². The highest BCUT2D eigenvalue weighted by Crippen LogP contribution is 2.51. The molecule has 1 amide bonds. The number of nitrogens with one attached hydrogen (secondary N) is 1. The fourth-order valence-electron chi connectivity index (χ4n) is 3.81. The topological polar surface area (TPSA) is 83.2 Å². The number of hydrogen-bond acceptors (Lipinski definition) is 4. The fourth-order valence-corrected chi connectivity index (χ4v) is 3.81. The number of hydrogen-bond donors (Lipinski definition) is 2. The molecule has 7 nitrogen and oxygen atoms in total. The quantitative estimate of drug-likeness (QED) is 0.359. The van der Waals surface area contributed by atoms with Crippen molar-refractivity contribution >= 4 is 35.8 Å². The van der Waals surface area contributed by atoms with Gasteiger partial charge in [-0.15, -0.1) is 24.0 Å². The average Bonchev–Trinajstić information content (AvgIpc) is 2.58. The standard InChI is InChI=1S/C18H35N5O2.HI/c1-16(2)13(12-18(16,5)25-7)21-15(20-6)22-8-10-23(11-9-22)17(3,4)14(19)24;/h13H,8-12H2,1-7H3,(H2,19,24)(H,20,21);1H. The Kier molecular flexibility index (Phi) is 7.37. The lowest BCUT2D eigenvalue weighted by molar-refractivity contribution is -0.177. The number of guanidine groups is 1. The minimum Gasteiger partial charge on any atom is -0.378 e. The van der Waals surface area contributed by atoms with Crippen molar-refractivity contribution in [2.75, 3.05) is 40.3 Å². The molecule has 2 fully saturated rings. The third-order valence-electron chi connectivity index (χ3n) is 6.77. The Balaban J connectivity index is 0.00000338. The number of halogens is 1. The van der Waals surface area contributed by atoms with Gasteiger partial charge in [0.1, 0.15) is 0 Å². The molecular formula is C18H36IN5O2. The summed E-state index contributed by atoms with van der Waals surface area (Å²) in [6, 6.07) is 0.330. The number of piperazine rings is 1. The van der Waals surface area contributed by atoms with Gasteiger partial charge in [0.05, 0.1) is 11.1 Å². The molecule has 2 unspecified atom stereocenters. The predicted molar refractivity (Wildman–Crippen MR) is 116 cm³/mol. The molecule has 3 N–H and O–H groups in total. The largest absolute Gasteiger partial charge is 0.378 e. The smallest absolute Gasteiger partial charge is 0.237 e. The van der Waals surface area contributed by atoms with E-state index in [1.807, 2.05) is 20.9 Å². The summed E-state index contributed by atoms with van der Waals surface area (Å²) < 4.78 is 5.71. The Morgan fingerprint density at radius 3 is 2.15 bits per heavy atom. The number of primary amides is 1. The van der Waals surface area contributed by atoms with Gasteiger partial charge in [0.25, 0.3) is 0 Å². The molecule has 0 aromatic carbocycles. The third kappa shape index (κ3) is 3.96. The van der Waals surface area contributed by atoms with Crippen molar-refractivity contribution in [2.45, 2.75) is 58.2 Å². The van der Waals surface area contributed by atoms with Crippen molar-refractivity contribution < 1.29 is 9.53 Å². The van der Waals surface area contributed by atoms with Gasteiger partial charge in [-0.3, -0.25) is 14.7 Å². The molecule has 152 valence electrons. The van der Waals surface area contributed by atoms with Crippen LogP contribution in [-0.4, -0.2) is 79.2 Å². The lowest BCUT2D eigenvalue weighted by Gasteiger charge is -2.59. The van der Waals surface area contributed by atoms with E-state index in [9.17, 15) is 4.79 Å². The molecule has 1 aliphatic heterocycles. The first-order chi connectivity index (χ1) is 11.5. The maximum atomic E-state index is 11.7. The number of carbonyl (C=O) groups excluding carboxylic acids is 1. The molecule has 26 heavy (non-hydrogen) atoms. The van der Waals surface area contributed by atoms with Gasteiger partial charge in [0.2, 0.25) is 5.91 Å². The summed E-state index contributed by atoms with van der Waals surface area (Å²) >= 11 is 0. The van der Waals surface area contributed by atoms with Gasteiger partial charge in [-0.1, -0.05) is 13.8 Å². The van der Waals surface area contributed by atoms with Gasteiger partial charge in [0, 0.05) is 51.8 Å². The molecular weight excluding hydrogens is 445 g/mol. The van der Waals surface area contributed by atoms with Crippen LogP contribution in [-0.2, 0) is 9.53 Å². The van der Waals surface area contributed by atoms with E-state index < -0.39 is 5.54 Å². The Bertz CT molecular complexity index is 544. The molecule has 2 aliphatic rings. The number of nitrogens with two attached hydrogens (primary N) is 1. The van der Waals surface area contributed by atoms with Crippen molar-refractivity contribution in [2.24, 2.45) is 16.1 Å². The van der Waals surface area contributed by atoms with E-state index in [2.05, 4.69) is 40.9 Å². The summed E-state index contributed by atoms with van der Waals surface area (Å²) in [5.74, 6) is 0.645. The minimum absolute atomic E-state index is 0. The molecule has 1 saturated heterocycles. The van der Waals surface area contributed by atoms with E-state index in [0.29, 0.717) is 6.04 Å². The number of methoxy groups -OCH3 is 1. The van der Waals surface area contributed by atoms with E-state index >= 15 is 0 Å². The first kappa shape index (κ1) is 23.4. The molecule has 0 aromatic rings. The lowest BCUT2D eigenvalue weighted by atomic mass is 9.56. The highest BCUT2D eigenvalue weighted by atomic mass is 127. The van der Waals surface area contributed by atoms with Crippen LogP contribution in [0.1, 0.15) is 41.0 Å². The molecule has 2 atom stereocenters. The number of rotatable bonds is 4. The minimum atomic E-state index is -0.612. The van der Waals surface area contributed by atoms with Crippen molar-refractivity contribution in [3.05, 3.63) is 0 Å². The maximum absolute atomic E-state index is 11.7. The van der Waals surface area contributed by atoms with Crippen LogP contribution in [0.2, 0.25) is 0 Å². The molecule has 1 saturated carbocycles. The van der Waals surface area contributed by atoms with Gasteiger partial charge in [0.15, 0.2) is 5.96 Å². The zero-order valence-corrected chi connectivity index (χ0v) is 19.6. The van der Waals surface area contributed by atoms with Crippen LogP contribution < -0.4 is 11.1 Å². The maximum Gasteiger partial charge on any atom is 0.237 e. The van der Waals surface area contributed by atoms with E-state index in [0.717, 1.165) is 38.6 Å². The molecule has 0 aromatic heterocycles. The number of aliphatic imine (C=N–C) groups is 1. The molecule has 0 bridgehead atoms. The molecule has 1 aliphatic carbocycles. The second-order valence-electron chi connectivity index (χ2n) is 8.50. The zero-order valence-electron chi connectivity index (χ0n) is 17.3. The Hall–Kier alpha value is -0.610. The van der Waals surface area contributed by atoms with Crippen LogP contribution in [0.15, 0.2) is 4.99 Å². The molecule has 0 radical (unpaired) electrons. The van der Waals surface area contributed by atoms with Crippen LogP contribution >= 0.6 is 24.0 Å².